The Bertz CT molecular complexity index is 613. The predicted octanol–water partition coefficient (Wildman–Crippen LogP) is 1.31. The lowest BCUT2D eigenvalue weighted by molar-refractivity contribution is 0.113. The van der Waals surface area contributed by atoms with Crippen molar-refractivity contribution in [1.82, 2.24) is 14.5 Å². The number of nitrogens with one attached hydrogen (secondary N) is 1. The summed E-state index contributed by atoms with van der Waals surface area (Å²) in [5.41, 5.74) is 2.28. The summed E-state index contributed by atoms with van der Waals surface area (Å²) in [6, 6.07) is 8.40. The minimum atomic E-state index is -3.27. The van der Waals surface area contributed by atoms with E-state index < -0.39 is 10.0 Å². The van der Waals surface area contributed by atoms with E-state index in [1.165, 1.54) is 0 Å². The molecule has 1 fully saturated rings. The predicted molar refractivity (Wildman–Crippen MR) is 103 cm³/mol. The average molecular weight is 419 g/mol. The second-order valence-corrected chi connectivity index (χ2v) is 9.52. The molecule has 1 N–H and O–H groups in total. The molecule has 1 aliphatic rings. The number of anilines is 1. The summed E-state index contributed by atoms with van der Waals surface area (Å²) in [5, 5.41) is 0. The number of piperazine rings is 1. The van der Waals surface area contributed by atoms with Crippen LogP contribution in [-0.4, -0.2) is 76.7 Å². The number of sulfonamides is 1. The molecule has 136 valence electrons. The highest BCUT2D eigenvalue weighted by molar-refractivity contribution is 9.10. The minimum Gasteiger partial charge on any atom is -0.378 e. The maximum atomic E-state index is 11.8. The van der Waals surface area contributed by atoms with Gasteiger partial charge < -0.3 is 9.80 Å². The fourth-order valence-electron chi connectivity index (χ4n) is 2.83. The van der Waals surface area contributed by atoms with Crippen LogP contribution in [-0.2, 0) is 10.0 Å². The van der Waals surface area contributed by atoms with Gasteiger partial charge in [0, 0.05) is 58.5 Å². The highest BCUT2D eigenvalue weighted by Crippen LogP contribution is 2.24. The molecule has 1 aromatic rings. The van der Waals surface area contributed by atoms with Crippen molar-refractivity contribution in [2.75, 3.05) is 63.4 Å². The molecule has 0 aliphatic carbocycles. The highest BCUT2D eigenvalue weighted by Gasteiger charge is 2.25. The number of alkyl halides is 1. The Labute approximate surface area is 154 Å². The van der Waals surface area contributed by atoms with Gasteiger partial charge in [-0.1, -0.05) is 28.1 Å². The van der Waals surface area contributed by atoms with Gasteiger partial charge in [-0.15, -0.1) is 0 Å². The second kappa shape index (κ2) is 8.62. The number of halogens is 1. The number of rotatable bonds is 7. The van der Waals surface area contributed by atoms with E-state index in [1.54, 1.807) is 0 Å². The van der Waals surface area contributed by atoms with Gasteiger partial charge in [-0.25, -0.2) is 13.1 Å². The molecule has 24 heavy (non-hydrogen) atoms. The van der Waals surface area contributed by atoms with Crippen molar-refractivity contribution in [2.45, 2.75) is 6.04 Å². The van der Waals surface area contributed by atoms with Crippen LogP contribution in [0.3, 0.4) is 0 Å². The molecule has 8 heteroatoms. The van der Waals surface area contributed by atoms with Gasteiger partial charge in [0.15, 0.2) is 0 Å². The van der Waals surface area contributed by atoms with Crippen LogP contribution in [0.5, 0.6) is 0 Å². The van der Waals surface area contributed by atoms with E-state index in [0.29, 0.717) is 6.54 Å². The lowest BCUT2D eigenvalue weighted by Crippen LogP contribution is -2.48. The first kappa shape index (κ1) is 19.7. The number of benzene rings is 1. The van der Waals surface area contributed by atoms with Crippen LogP contribution in [0.2, 0.25) is 0 Å². The van der Waals surface area contributed by atoms with Gasteiger partial charge >= 0.3 is 0 Å². The first-order chi connectivity index (χ1) is 11.3. The van der Waals surface area contributed by atoms with Crippen LogP contribution in [0.4, 0.5) is 5.69 Å². The molecule has 1 saturated heterocycles. The normalized spacial score (nSPS) is 18.5. The Balaban J connectivity index is 2.18. The maximum Gasteiger partial charge on any atom is 0.221 e. The zero-order valence-electron chi connectivity index (χ0n) is 14.6. The molecular formula is C16H27BrN4O2S. The van der Waals surface area contributed by atoms with Gasteiger partial charge in [0.1, 0.15) is 4.66 Å². The van der Waals surface area contributed by atoms with Crippen LogP contribution >= 0.6 is 15.9 Å². The topological polar surface area (TPSA) is 55.9 Å². The summed E-state index contributed by atoms with van der Waals surface area (Å²) in [6.45, 7) is 4.26. The molecule has 0 aromatic heterocycles. The molecule has 1 aromatic carbocycles. The molecule has 0 saturated carbocycles. The largest absolute Gasteiger partial charge is 0.378 e. The van der Waals surface area contributed by atoms with Crippen LogP contribution in [0.25, 0.3) is 0 Å². The summed E-state index contributed by atoms with van der Waals surface area (Å²) in [6.07, 6.45) is 0. The summed E-state index contributed by atoms with van der Waals surface area (Å²) in [7, 11) is 2.87. The minimum absolute atomic E-state index is 0.0451. The third kappa shape index (κ3) is 5.42. The number of hydrogen-bond donors (Lipinski definition) is 1. The molecule has 1 heterocycles. The Morgan fingerprint density at radius 1 is 1.17 bits per heavy atom. The van der Waals surface area contributed by atoms with Crippen LogP contribution in [0.15, 0.2) is 24.3 Å². The molecule has 0 radical (unpaired) electrons. The third-order valence-electron chi connectivity index (χ3n) is 4.41. The van der Waals surface area contributed by atoms with Gasteiger partial charge in [0.05, 0.1) is 0 Å². The van der Waals surface area contributed by atoms with Crippen molar-refractivity contribution < 1.29 is 8.42 Å². The molecule has 0 amide bonds. The quantitative estimate of drug-likeness (QED) is 0.676. The molecule has 1 atom stereocenters. The number of hydrogen-bond acceptors (Lipinski definition) is 5. The zero-order chi connectivity index (χ0) is 17.7. The van der Waals surface area contributed by atoms with Crippen molar-refractivity contribution in [3.05, 3.63) is 29.8 Å². The second-order valence-electron chi connectivity index (χ2n) is 6.41. The van der Waals surface area contributed by atoms with Crippen LogP contribution < -0.4 is 9.62 Å². The molecule has 2 rings (SSSR count). The Morgan fingerprint density at radius 3 is 2.25 bits per heavy atom. The van der Waals surface area contributed by atoms with E-state index in [1.807, 2.05) is 14.1 Å². The van der Waals surface area contributed by atoms with Gasteiger partial charge in [-0.2, -0.15) is 0 Å². The van der Waals surface area contributed by atoms with Crippen molar-refractivity contribution in [2.24, 2.45) is 0 Å². The maximum absolute atomic E-state index is 11.8. The Kier molecular flexibility index (Phi) is 7.06. The lowest BCUT2D eigenvalue weighted by Gasteiger charge is -2.38. The molecular weight excluding hydrogens is 392 g/mol. The van der Waals surface area contributed by atoms with Crippen LogP contribution in [0, 0.1) is 0 Å². The van der Waals surface area contributed by atoms with Crippen molar-refractivity contribution in [3.8, 4) is 0 Å². The van der Waals surface area contributed by atoms with Crippen molar-refractivity contribution in [3.63, 3.8) is 0 Å². The van der Waals surface area contributed by atoms with E-state index >= 15 is 0 Å². The molecule has 6 nitrogen and oxygen atoms in total. The fourth-order valence-corrected chi connectivity index (χ4v) is 3.81. The summed E-state index contributed by atoms with van der Waals surface area (Å²) in [5.74, 6) is 0. The van der Waals surface area contributed by atoms with Crippen molar-refractivity contribution in [1.29, 1.82) is 0 Å². The fraction of sp³-hybridized carbons (Fsp3) is 0.625. The zero-order valence-corrected chi connectivity index (χ0v) is 17.0. The van der Waals surface area contributed by atoms with E-state index in [9.17, 15) is 8.42 Å². The average Bonchev–Trinajstić information content (AvgIpc) is 2.57. The summed E-state index contributed by atoms with van der Waals surface area (Å²) in [4.78, 5) is 6.72. The van der Waals surface area contributed by atoms with Gasteiger partial charge in [-0.3, -0.25) is 4.90 Å². The van der Waals surface area contributed by atoms with Gasteiger partial charge in [-0.05, 0) is 24.7 Å². The smallest absolute Gasteiger partial charge is 0.221 e. The summed E-state index contributed by atoms with van der Waals surface area (Å²) < 4.78 is 26.3. The van der Waals surface area contributed by atoms with Gasteiger partial charge in [0.25, 0.3) is 0 Å². The standard InChI is InChI=1S/C16H27BrN4O2S/c1-19(2)15-6-4-14(5-7-15)16(12-18-24(22,23)13-17)21-10-8-20(3)9-11-21/h4-7,16,18H,8-13H2,1-3H3/t16-/m0/s1. The Morgan fingerprint density at radius 2 is 1.75 bits per heavy atom. The molecule has 0 spiro atoms. The molecule has 1 aliphatic heterocycles. The van der Waals surface area contributed by atoms with Gasteiger partial charge in [0.2, 0.25) is 10.0 Å². The monoisotopic (exact) mass is 418 g/mol. The van der Waals surface area contributed by atoms with Crippen LogP contribution in [0.1, 0.15) is 11.6 Å². The first-order valence-electron chi connectivity index (χ1n) is 8.05. The van der Waals surface area contributed by atoms with Crippen molar-refractivity contribution >= 4 is 31.6 Å². The number of likely N-dealkylation sites (N-methyl/N-ethyl adjacent to an activating group) is 1. The Hall–Kier alpha value is -0.670. The van der Waals surface area contributed by atoms with E-state index in [2.05, 4.69) is 66.7 Å². The highest BCUT2D eigenvalue weighted by atomic mass is 79.9. The van der Waals surface area contributed by atoms with E-state index in [0.717, 1.165) is 37.4 Å². The van der Waals surface area contributed by atoms with E-state index in [-0.39, 0.29) is 10.7 Å². The molecule has 0 bridgehead atoms. The number of nitrogens with zero attached hydrogens (tertiary/aromatic N) is 3. The third-order valence-corrected chi connectivity index (χ3v) is 7.12. The first-order valence-corrected chi connectivity index (χ1v) is 10.8. The molecule has 0 unspecified atom stereocenters. The lowest BCUT2D eigenvalue weighted by atomic mass is 10.0. The summed E-state index contributed by atoms with van der Waals surface area (Å²) >= 11 is 3.03. The SMILES string of the molecule is CN1CCN([C@@H](CNS(=O)(=O)CBr)c2ccc(N(C)C)cc2)CC1. The van der Waals surface area contributed by atoms with E-state index in [4.69, 9.17) is 0 Å².